The van der Waals surface area contributed by atoms with Crippen LogP contribution in [0.4, 0.5) is 0 Å². The van der Waals surface area contributed by atoms with Crippen molar-refractivity contribution in [2.45, 2.75) is 24.2 Å². The molecule has 4 rings (SSSR count). The highest BCUT2D eigenvalue weighted by Gasteiger charge is 2.72. The molecule has 0 amide bonds. The molecular weight excluding hydrogens is 252 g/mol. The minimum absolute atomic E-state index is 0.0824. The average Bonchev–Trinajstić information content (AvgIpc) is 2.22. The number of carboxylic acid groups (broad SMARTS) is 1. The fourth-order valence-corrected chi connectivity index (χ4v) is 5.34. The number of hydrogen-bond acceptors (Lipinski definition) is 3. The lowest BCUT2D eigenvalue weighted by atomic mass is 9.36. The van der Waals surface area contributed by atoms with E-state index in [0.717, 1.165) is 0 Å². The molecule has 1 aromatic rings. The van der Waals surface area contributed by atoms with Gasteiger partial charge in [0.1, 0.15) is 0 Å². The van der Waals surface area contributed by atoms with Gasteiger partial charge in [-0.15, -0.1) is 0 Å². The monoisotopic (exact) mass is 266 g/mol. The topological polar surface area (TPSA) is 71.4 Å². The highest BCUT2D eigenvalue weighted by atomic mass is 32.2. The molecule has 1 aromatic carbocycles. The molecular formula is C13H14O4S. The maximum atomic E-state index is 12.2. The van der Waals surface area contributed by atoms with Crippen LogP contribution in [0, 0.1) is 10.8 Å². The third kappa shape index (κ3) is 1.50. The molecule has 0 unspecified atom stereocenters. The average molecular weight is 266 g/mol. The van der Waals surface area contributed by atoms with Gasteiger partial charge >= 0.3 is 5.97 Å². The Morgan fingerprint density at radius 2 is 1.72 bits per heavy atom. The summed E-state index contributed by atoms with van der Waals surface area (Å²) in [6.07, 6.45) is 1.55. The number of sulfone groups is 1. The SMILES string of the molecule is O=C(O)C12CC(CS(=O)(=O)c3ccccc3)(C1)C2. The van der Waals surface area contributed by atoms with E-state index < -0.39 is 21.2 Å². The zero-order valence-electron chi connectivity index (χ0n) is 9.80. The fraction of sp³-hybridized carbons (Fsp3) is 0.462. The second-order valence-corrected chi connectivity index (χ2v) is 7.68. The van der Waals surface area contributed by atoms with Crippen LogP contribution in [0.2, 0.25) is 0 Å². The Kier molecular flexibility index (Phi) is 2.18. The number of hydrogen-bond donors (Lipinski definition) is 1. The second-order valence-electron chi connectivity index (χ2n) is 5.69. The van der Waals surface area contributed by atoms with Gasteiger partial charge in [-0.1, -0.05) is 18.2 Å². The van der Waals surface area contributed by atoms with Crippen molar-refractivity contribution >= 4 is 15.8 Å². The summed E-state index contributed by atoms with van der Waals surface area (Å²) in [4.78, 5) is 11.3. The molecule has 5 heteroatoms. The van der Waals surface area contributed by atoms with Gasteiger partial charge in [-0.05, 0) is 36.8 Å². The Morgan fingerprint density at radius 3 is 2.22 bits per heavy atom. The van der Waals surface area contributed by atoms with Crippen molar-refractivity contribution in [3.63, 3.8) is 0 Å². The first kappa shape index (κ1) is 11.7. The van der Waals surface area contributed by atoms with Crippen LogP contribution >= 0.6 is 0 Å². The Hall–Kier alpha value is -1.36. The normalized spacial score (nSPS) is 33.3. The van der Waals surface area contributed by atoms with Crippen LogP contribution in [0.3, 0.4) is 0 Å². The van der Waals surface area contributed by atoms with E-state index in [4.69, 9.17) is 5.11 Å². The lowest BCUT2D eigenvalue weighted by molar-refractivity contribution is -0.214. The van der Waals surface area contributed by atoms with E-state index in [9.17, 15) is 13.2 Å². The smallest absolute Gasteiger partial charge is 0.309 e. The van der Waals surface area contributed by atoms with Gasteiger partial charge < -0.3 is 5.11 Å². The van der Waals surface area contributed by atoms with Crippen LogP contribution in [-0.4, -0.2) is 25.2 Å². The Morgan fingerprint density at radius 1 is 1.17 bits per heavy atom. The predicted octanol–water partition coefficient (Wildman–Crippen LogP) is 1.72. The van der Waals surface area contributed by atoms with Crippen molar-refractivity contribution in [1.29, 1.82) is 0 Å². The molecule has 0 radical (unpaired) electrons. The molecule has 0 aromatic heterocycles. The van der Waals surface area contributed by atoms with Crippen molar-refractivity contribution < 1.29 is 18.3 Å². The van der Waals surface area contributed by atoms with Crippen molar-refractivity contribution in [2.75, 3.05) is 5.75 Å². The zero-order valence-corrected chi connectivity index (χ0v) is 10.6. The summed E-state index contributed by atoms with van der Waals surface area (Å²) in [5, 5.41) is 9.01. The molecule has 96 valence electrons. The van der Waals surface area contributed by atoms with E-state index in [1.807, 2.05) is 0 Å². The van der Waals surface area contributed by atoms with Gasteiger partial charge in [-0.3, -0.25) is 4.79 Å². The maximum absolute atomic E-state index is 12.2. The maximum Gasteiger partial charge on any atom is 0.309 e. The largest absolute Gasteiger partial charge is 0.481 e. The van der Waals surface area contributed by atoms with Crippen LogP contribution in [0.25, 0.3) is 0 Å². The first-order valence-corrected chi connectivity index (χ1v) is 7.54. The highest BCUT2D eigenvalue weighted by molar-refractivity contribution is 7.91. The number of aliphatic carboxylic acids is 1. The minimum atomic E-state index is -3.29. The third-order valence-electron chi connectivity index (χ3n) is 4.19. The van der Waals surface area contributed by atoms with E-state index >= 15 is 0 Å². The van der Waals surface area contributed by atoms with Crippen LogP contribution < -0.4 is 0 Å². The van der Waals surface area contributed by atoms with Crippen molar-refractivity contribution in [3.8, 4) is 0 Å². The molecule has 1 N–H and O–H groups in total. The number of carboxylic acids is 1. The lowest BCUT2D eigenvalue weighted by Crippen LogP contribution is -2.67. The van der Waals surface area contributed by atoms with Crippen LogP contribution in [0.15, 0.2) is 35.2 Å². The standard InChI is InChI=1S/C13H14O4S/c14-11(15)13-6-12(7-13,8-13)9-18(16,17)10-4-2-1-3-5-10/h1-5H,6-9H2,(H,14,15). The summed E-state index contributed by atoms with van der Waals surface area (Å²) in [5.41, 5.74) is -0.876. The fourth-order valence-electron chi connectivity index (χ4n) is 3.49. The molecule has 0 atom stereocenters. The molecule has 2 bridgehead atoms. The second kappa shape index (κ2) is 3.35. The van der Waals surface area contributed by atoms with Gasteiger partial charge in [0.15, 0.2) is 9.84 Å². The summed E-state index contributed by atoms with van der Waals surface area (Å²) in [5.74, 6) is -0.694. The van der Waals surface area contributed by atoms with E-state index in [1.165, 1.54) is 0 Å². The van der Waals surface area contributed by atoms with Gasteiger partial charge in [-0.25, -0.2) is 8.42 Å². The Balaban J connectivity index is 1.75. The third-order valence-corrected chi connectivity index (χ3v) is 6.18. The van der Waals surface area contributed by atoms with E-state index in [0.29, 0.717) is 24.2 Å². The van der Waals surface area contributed by atoms with Crippen LogP contribution in [0.5, 0.6) is 0 Å². The summed E-state index contributed by atoms with van der Waals surface area (Å²) in [7, 11) is -3.29. The van der Waals surface area contributed by atoms with Gasteiger partial charge in [0, 0.05) is 0 Å². The van der Waals surface area contributed by atoms with Crippen molar-refractivity contribution in [2.24, 2.45) is 10.8 Å². The Labute approximate surface area is 106 Å². The predicted molar refractivity (Wildman–Crippen MR) is 64.8 cm³/mol. The molecule has 3 fully saturated rings. The summed E-state index contributed by atoms with van der Waals surface area (Å²) < 4.78 is 24.4. The van der Waals surface area contributed by atoms with Gasteiger partial charge in [-0.2, -0.15) is 0 Å². The molecule has 0 spiro atoms. The molecule has 0 aliphatic heterocycles. The molecule has 0 heterocycles. The minimum Gasteiger partial charge on any atom is -0.481 e. The van der Waals surface area contributed by atoms with E-state index in [1.54, 1.807) is 30.3 Å². The number of benzene rings is 1. The van der Waals surface area contributed by atoms with E-state index in [-0.39, 0.29) is 11.2 Å². The summed E-state index contributed by atoms with van der Waals surface area (Å²) in [6, 6.07) is 8.36. The van der Waals surface area contributed by atoms with Gasteiger partial charge in [0.05, 0.1) is 16.1 Å². The molecule has 3 aliphatic rings. The highest BCUT2D eigenvalue weighted by Crippen LogP contribution is 2.73. The van der Waals surface area contributed by atoms with Gasteiger partial charge in [0.25, 0.3) is 0 Å². The van der Waals surface area contributed by atoms with Crippen LogP contribution in [0.1, 0.15) is 19.3 Å². The quantitative estimate of drug-likeness (QED) is 0.900. The molecule has 3 saturated carbocycles. The molecule has 0 saturated heterocycles. The summed E-state index contributed by atoms with van der Waals surface area (Å²) in [6.45, 7) is 0. The molecule has 3 aliphatic carbocycles. The first-order chi connectivity index (χ1) is 8.38. The molecule has 4 nitrogen and oxygen atoms in total. The number of rotatable bonds is 4. The summed E-state index contributed by atoms with van der Waals surface area (Å²) >= 11 is 0. The van der Waals surface area contributed by atoms with Crippen LogP contribution in [-0.2, 0) is 14.6 Å². The van der Waals surface area contributed by atoms with E-state index in [2.05, 4.69) is 0 Å². The van der Waals surface area contributed by atoms with Gasteiger partial charge in [0.2, 0.25) is 0 Å². The number of carbonyl (C=O) groups is 1. The van der Waals surface area contributed by atoms with Crippen molar-refractivity contribution in [1.82, 2.24) is 0 Å². The zero-order chi connectivity index (χ0) is 13.0. The Bertz CT molecular complexity index is 583. The lowest BCUT2D eigenvalue weighted by Gasteiger charge is -2.68. The first-order valence-electron chi connectivity index (χ1n) is 5.89. The van der Waals surface area contributed by atoms with Crippen molar-refractivity contribution in [3.05, 3.63) is 30.3 Å². The molecule has 18 heavy (non-hydrogen) atoms.